The van der Waals surface area contributed by atoms with Crippen LogP contribution in [0.25, 0.3) is 0 Å². The molecule has 1 aromatic rings. The molecule has 2 rings (SSSR count). The van der Waals surface area contributed by atoms with Crippen molar-refractivity contribution >= 4 is 17.3 Å². The summed E-state index contributed by atoms with van der Waals surface area (Å²) in [4.78, 5) is 1.93. The van der Waals surface area contributed by atoms with Crippen LogP contribution < -0.4 is 5.32 Å². The van der Waals surface area contributed by atoms with Gasteiger partial charge in [0.1, 0.15) is 5.82 Å². The zero-order chi connectivity index (χ0) is 12.3. The molecule has 1 unspecified atom stereocenters. The first kappa shape index (κ1) is 12.3. The standard InChI is InChI=1S/C12H15FN2OS/c13-10-5-2-1-4-9(10)11-8-14-12(17)15(11)6-3-7-16/h1-2,4-5,11,16H,3,6-8H2,(H,14,17). The zero-order valence-electron chi connectivity index (χ0n) is 9.40. The highest BCUT2D eigenvalue weighted by molar-refractivity contribution is 7.80. The summed E-state index contributed by atoms with van der Waals surface area (Å²) in [6.45, 7) is 1.37. The van der Waals surface area contributed by atoms with Gasteiger partial charge in [0.05, 0.1) is 6.04 Å². The van der Waals surface area contributed by atoms with E-state index in [0.717, 1.165) is 0 Å². The van der Waals surface area contributed by atoms with E-state index < -0.39 is 0 Å². The lowest BCUT2D eigenvalue weighted by Gasteiger charge is -2.25. The predicted octanol–water partition coefficient (Wildman–Crippen LogP) is 1.44. The Balaban J connectivity index is 2.19. The molecule has 5 heteroatoms. The molecule has 0 aliphatic carbocycles. The molecule has 0 radical (unpaired) electrons. The largest absolute Gasteiger partial charge is 0.396 e. The maximum absolute atomic E-state index is 13.7. The van der Waals surface area contributed by atoms with Crippen LogP contribution in [0.5, 0.6) is 0 Å². The Hall–Kier alpha value is -1.20. The lowest BCUT2D eigenvalue weighted by Crippen LogP contribution is -2.31. The van der Waals surface area contributed by atoms with Crippen molar-refractivity contribution in [3.8, 4) is 0 Å². The van der Waals surface area contributed by atoms with Crippen molar-refractivity contribution < 1.29 is 9.50 Å². The fourth-order valence-electron chi connectivity index (χ4n) is 2.06. The van der Waals surface area contributed by atoms with E-state index in [1.54, 1.807) is 12.1 Å². The number of rotatable bonds is 4. The second kappa shape index (κ2) is 5.42. The molecular formula is C12H15FN2OS. The third-order valence-corrected chi connectivity index (χ3v) is 3.28. The quantitative estimate of drug-likeness (QED) is 0.797. The molecule has 0 spiro atoms. The third-order valence-electron chi connectivity index (χ3n) is 2.91. The van der Waals surface area contributed by atoms with E-state index in [1.165, 1.54) is 6.07 Å². The van der Waals surface area contributed by atoms with Crippen LogP contribution in [0.2, 0.25) is 0 Å². The van der Waals surface area contributed by atoms with Crippen molar-refractivity contribution in [2.24, 2.45) is 0 Å². The van der Waals surface area contributed by atoms with Gasteiger partial charge in [-0.15, -0.1) is 0 Å². The summed E-state index contributed by atoms with van der Waals surface area (Å²) in [6.07, 6.45) is 0.632. The summed E-state index contributed by atoms with van der Waals surface area (Å²) >= 11 is 5.18. The number of nitrogens with one attached hydrogen (secondary N) is 1. The van der Waals surface area contributed by atoms with Crippen LogP contribution in [0.3, 0.4) is 0 Å². The maximum Gasteiger partial charge on any atom is 0.169 e. The van der Waals surface area contributed by atoms with Crippen LogP contribution >= 0.6 is 12.2 Å². The first-order valence-electron chi connectivity index (χ1n) is 5.64. The Kier molecular flexibility index (Phi) is 3.91. The highest BCUT2D eigenvalue weighted by Gasteiger charge is 2.30. The molecule has 1 fully saturated rings. The van der Waals surface area contributed by atoms with Crippen molar-refractivity contribution in [3.63, 3.8) is 0 Å². The van der Waals surface area contributed by atoms with Crippen LogP contribution in [0, 0.1) is 5.82 Å². The molecule has 2 N–H and O–H groups in total. The van der Waals surface area contributed by atoms with E-state index in [9.17, 15) is 4.39 Å². The molecule has 0 saturated carbocycles. The highest BCUT2D eigenvalue weighted by Crippen LogP contribution is 2.26. The van der Waals surface area contributed by atoms with Crippen LogP contribution in [-0.4, -0.2) is 34.8 Å². The first-order valence-corrected chi connectivity index (χ1v) is 6.04. The Morgan fingerprint density at radius 2 is 2.24 bits per heavy atom. The fourth-order valence-corrected chi connectivity index (χ4v) is 2.36. The van der Waals surface area contributed by atoms with Gasteiger partial charge in [-0.2, -0.15) is 0 Å². The third kappa shape index (κ3) is 2.56. The Labute approximate surface area is 105 Å². The Morgan fingerprint density at radius 1 is 1.47 bits per heavy atom. The minimum atomic E-state index is -0.210. The van der Waals surface area contributed by atoms with Crippen molar-refractivity contribution in [2.45, 2.75) is 12.5 Å². The molecular weight excluding hydrogens is 239 g/mol. The van der Waals surface area contributed by atoms with Crippen LogP contribution in [-0.2, 0) is 0 Å². The van der Waals surface area contributed by atoms with Crippen molar-refractivity contribution in [2.75, 3.05) is 19.7 Å². The topological polar surface area (TPSA) is 35.5 Å². The second-order valence-electron chi connectivity index (χ2n) is 3.99. The van der Waals surface area contributed by atoms with Gasteiger partial charge in [0.15, 0.2) is 5.11 Å². The summed E-state index contributed by atoms with van der Waals surface area (Å²) in [7, 11) is 0. The van der Waals surface area contributed by atoms with Gasteiger partial charge in [0.2, 0.25) is 0 Å². The van der Waals surface area contributed by atoms with Crippen LogP contribution in [0.1, 0.15) is 18.0 Å². The normalized spacial score (nSPS) is 19.5. The van der Waals surface area contributed by atoms with Gasteiger partial charge in [-0.3, -0.25) is 0 Å². The summed E-state index contributed by atoms with van der Waals surface area (Å²) in [5.41, 5.74) is 0.651. The molecule has 17 heavy (non-hydrogen) atoms. The summed E-state index contributed by atoms with van der Waals surface area (Å²) < 4.78 is 13.7. The average Bonchev–Trinajstić information content (AvgIpc) is 2.69. The molecule has 1 aromatic carbocycles. The highest BCUT2D eigenvalue weighted by atomic mass is 32.1. The number of benzene rings is 1. The zero-order valence-corrected chi connectivity index (χ0v) is 10.2. The van der Waals surface area contributed by atoms with E-state index in [2.05, 4.69) is 5.32 Å². The number of hydrogen-bond acceptors (Lipinski definition) is 2. The number of thiocarbonyl (C=S) groups is 1. The number of aliphatic hydroxyl groups excluding tert-OH is 1. The van der Waals surface area contributed by atoms with Crippen molar-refractivity contribution in [1.82, 2.24) is 10.2 Å². The smallest absolute Gasteiger partial charge is 0.169 e. The lowest BCUT2D eigenvalue weighted by atomic mass is 10.1. The van der Waals surface area contributed by atoms with Crippen LogP contribution in [0.15, 0.2) is 24.3 Å². The minimum absolute atomic E-state index is 0.0738. The molecule has 0 amide bonds. The van der Waals surface area contributed by atoms with Crippen molar-refractivity contribution in [1.29, 1.82) is 0 Å². The van der Waals surface area contributed by atoms with Gasteiger partial charge in [-0.25, -0.2) is 4.39 Å². The monoisotopic (exact) mass is 254 g/mol. The molecule has 0 bridgehead atoms. The first-order chi connectivity index (χ1) is 8.24. The van der Waals surface area contributed by atoms with E-state index >= 15 is 0 Å². The lowest BCUT2D eigenvalue weighted by molar-refractivity contribution is 0.255. The number of aliphatic hydroxyl groups is 1. The molecule has 1 saturated heterocycles. The summed E-state index contributed by atoms with van der Waals surface area (Å²) in [5.74, 6) is -0.210. The van der Waals surface area contributed by atoms with E-state index in [0.29, 0.717) is 30.2 Å². The molecule has 1 heterocycles. The number of halogens is 1. The van der Waals surface area contributed by atoms with Gasteiger partial charge >= 0.3 is 0 Å². The van der Waals surface area contributed by atoms with E-state index in [1.807, 2.05) is 11.0 Å². The molecule has 92 valence electrons. The molecule has 0 aromatic heterocycles. The van der Waals surface area contributed by atoms with Gasteiger partial charge in [0.25, 0.3) is 0 Å². The molecule has 1 atom stereocenters. The second-order valence-corrected chi connectivity index (χ2v) is 4.38. The predicted molar refractivity (Wildman–Crippen MR) is 68.2 cm³/mol. The maximum atomic E-state index is 13.7. The SMILES string of the molecule is OCCCN1C(=S)NCC1c1ccccc1F. The van der Waals surface area contributed by atoms with Crippen LogP contribution in [0.4, 0.5) is 4.39 Å². The number of hydrogen-bond donors (Lipinski definition) is 2. The molecule has 3 nitrogen and oxygen atoms in total. The molecule has 1 aliphatic rings. The van der Waals surface area contributed by atoms with Gasteiger partial charge < -0.3 is 15.3 Å². The van der Waals surface area contributed by atoms with Gasteiger partial charge in [0, 0.05) is 25.3 Å². The summed E-state index contributed by atoms with van der Waals surface area (Å²) in [5, 5.41) is 12.6. The average molecular weight is 254 g/mol. The van der Waals surface area contributed by atoms with E-state index in [-0.39, 0.29) is 18.5 Å². The van der Waals surface area contributed by atoms with Gasteiger partial charge in [-0.05, 0) is 24.7 Å². The minimum Gasteiger partial charge on any atom is -0.396 e. The molecule has 1 aliphatic heterocycles. The Morgan fingerprint density at radius 3 is 2.94 bits per heavy atom. The van der Waals surface area contributed by atoms with E-state index in [4.69, 9.17) is 17.3 Å². The van der Waals surface area contributed by atoms with Crippen molar-refractivity contribution in [3.05, 3.63) is 35.6 Å². The van der Waals surface area contributed by atoms with Gasteiger partial charge in [-0.1, -0.05) is 18.2 Å². The number of nitrogens with zero attached hydrogens (tertiary/aromatic N) is 1. The summed E-state index contributed by atoms with van der Waals surface area (Å²) in [6, 6.07) is 6.67. The Bertz CT molecular complexity index is 413. The fraction of sp³-hybridized carbons (Fsp3) is 0.417.